The van der Waals surface area contributed by atoms with Gasteiger partial charge in [0, 0.05) is 6.04 Å². The Bertz CT molecular complexity index is 329. The molecule has 2 N–H and O–H groups in total. The van der Waals surface area contributed by atoms with Gasteiger partial charge in [0.1, 0.15) is 0 Å². The zero-order valence-corrected chi connectivity index (χ0v) is 11.3. The first kappa shape index (κ1) is 13.2. The van der Waals surface area contributed by atoms with Gasteiger partial charge < -0.3 is 5.73 Å². The Labute approximate surface area is 100 Å². The number of nitrogens with two attached hydrogens (primary N) is 1. The van der Waals surface area contributed by atoms with Crippen molar-refractivity contribution < 1.29 is 0 Å². The SMILES string of the molecule is Cc1cc(C)c(CC(C)CC(C)N)c(C)c1. The summed E-state index contributed by atoms with van der Waals surface area (Å²) < 4.78 is 0. The lowest BCUT2D eigenvalue weighted by Crippen LogP contribution is -2.19. The molecular formula is C15H25N. The minimum atomic E-state index is 0.307. The lowest BCUT2D eigenvalue weighted by atomic mass is 9.89. The van der Waals surface area contributed by atoms with Crippen molar-refractivity contribution in [1.82, 2.24) is 0 Å². The molecule has 0 spiro atoms. The summed E-state index contributed by atoms with van der Waals surface area (Å²) in [5, 5.41) is 0. The number of benzene rings is 1. The molecule has 2 atom stereocenters. The fourth-order valence-electron chi connectivity index (χ4n) is 2.60. The standard InChI is InChI=1S/C15H25N/c1-10-6-12(3)15(13(4)7-10)9-11(2)8-14(5)16/h6-7,11,14H,8-9,16H2,1-5H3. The van der Waals surface area contributed by atoms with Gasteiger partial charge in [-0.1, -0.05) is 24.6 Å². The predicted octanol–water partition coefficient (Wildman–Crippen LogP) is 3.53. The van der Waals surface area contributed by atoms with Gasteiger partial charge in [0.05, 0.1) is 0 Å². The van der Waals surface area contributed by atoms with Gasteiger partial charge in [-0.25, -0.2) is 0 Å². The normalized spacial score (nSPS) is 14.9. The molecule has 0 fully saturated rings. The molecule has 1 nitrogen and oxygen atoms in total. The van der Waals surface area contributed by atoms with E-state index in [9.17, 15) is 0 Å². The summed E-state index contributed by atoms with van der Waals surface area (Å²) >= 11 is 0. The zero-order valence-electron chi connectivity index (χ0n) is 11.3. The van der Waals surface area contributed by atoms with Crippen LogP contribution in [0.1, 0.15) is 42.5 Å². The van der Waals surface area contributed by atoms with Crippen LogP contribution in [-0.2, 0) is 6.42 Å². The van der Waals surface area contributed by atoms with E-state index in [1.54, 1.807) is 0 Å². The van der Waals surface area contributed by atoms with Crippen molar-refractivity contribution in [2.45, 2.75) is 53.5 Å². The average Bonchev–Trinajstić information content (AvgIpc) is 2.09. The molecule has 0 heterocycles. The average molecular weight is 219 g/mol. The molecule has 0 aliphatic carbocycles. The van der Waals surface area contributed by atoms with Crippen molar-refractivity contribution in [3.8, 4) is 0 Å². The van der Waals surface area contributed by atoms with E-state index in [4.69, 9.17) is 5.73 Å². The Morgan fingerprint density at radius 3 is 2.00 bits per heavy atom. The molecule has 0 amide bonds. The van der Waals surface area contributed by atoms with Gasteiger partial charge >= 0.3 is 0 Å². The van der Waals surface area contributed by atoms with Crippen LogP contribution >= 0.6 is 0 Å². The first-order valence-corrected chi connectivity index (χ1v) is 6.22. The molecule has 0 saturated carbocycles. The summed E-state index contributed by atoms with van der Waals surface area (Å²) in [6, 6.07) is 4.86. The van der Waals surface area contributed by atoms with E-state index in [0.29, 0.717) is 12.0 Å². The third kappa shape index (κ3) is 3.64. The number of rotatable bonds is 4. The highest BCUT2D eigenvalue weighted by molar-refractivity contribution is 5.37. The molecule has 90 valence electrons. The van der Waals surface area contributed by atoms with E-state index in [1.807, 2.05) is 0 Å². The predicted molar refractivity (Wildman–Crippen MR) is 71.8 cm³/mol. The summed E-state index contributed by atoms with van der Waals surface area (Å²) in [5.74, 6) is 0.667. The molecular weight excluding hydrogens is 194 g/mol. The van der Waals surface area contributed by atoms with Crippen LogP contribution in [0, 0.1) is 26.7 Å². The van der Waals surface area contributed by atoms with E-state index < -0.39 is 0 Å². The first-order chi connectivity index (χ1) is 7.40. The molecule has 16 heavy (non-hydrogen) atoms. The van der Waals surface area contributed by atoms with E-state index in [0.717, 1.165) is 12.8 Å². The van der Waals surface area contributed by atoms with Crippen molar-refractivity contribution >= 4 is 0 Å². The molecule has 1 aromatic carbocycles. The van der Waals surface area contributed by atoms with Crippen molar-refractivity contribution in [1.29, 1.82) is 0 Å². The third-order valence-electron chi connectivity index (χ3n) is 3.17. The van der Waals surface area contributed by atoms with Crippen LogP contribution in [0.2, 0.25) is 0 Å². The van der Waals surface area contributed by atoms with E-state index >= 15 is 0 Å². The Hall–Kier alpha value is -0.820. The quantitative estimate of drug-likeness (QED) is 0.823. The van der Waals surface area contributed by atoms with E-state index in [-0.39, 0.29) is 0 Å². The summed E-state index contributed by atoms with van der Waals surface area (Å²) in [7, 11) is 0. The second-order valence-electron chi connectivity index (χ2n) is 5.40. The topological polar surface area (TPSA) is 26.0 Å². The van der Waals surface area contributed by atoms with Crippen molar-refractivity contribution in [2.24, 2.45) is 11.7 Å². The molecule has 0 bridgehead atoms. The Morgan fingerprint density at radius 1 is 1.06 bits per heavy atom. The van der Waals surface area contributed by atoms with Gasteiger partial charge in [0.25, 0.3) is 0 Å². The highest BCUT2D eigenvalue weighted by Crippen LogP contribution is 2.21. The second-order valence-corrected chi connectivity index (χ2v) is 5.40. The fourth-order valence-corrected chi connectivity index (χ4v) is 2.60. The summed E-state index contributed by atoms with van der Waals surface area (Å²) in [6.07, 6.45) is 2.26. The highest BCUT2D eigenvalue weighted by Gasteiger charge is 2.10. The van der Waals surface area contributed by atoms with Crippen molar-refractivity contribution in [3.05, 3.63) is 34.4 Å². The van der Waals surface area contributed by atoms with Gasteiger partial charge in [-0.3, -0.25) is 0 Å². The van der Waals surface area contributed by atoms with Crippen LogP contribution in [0.15, 0.2) is 12.1 Å². The van der Waals surface area contributed by atoms with Gasteiger partial charge in [0.15, 0.2) is 0 Å². The van der Waals surface area contributed by atoms with E-state index in [1.165, 1.54) is 22.3 Å². The lowest BCUT2D eigenvalue weighted by Gasteiger charge is -2.17. The minimum absolute atomic E-state index is 0.307. The van der Waals surface area contributed by atoms with Gasteiger partial charge in [-0.2, -0.15) is 0 Å². The molecule has 0 aliphatic heterocycles. The molecule has 1 rings (SSSR count). The monoisotopic (exact) mass is 219 g/mol. The molecule has 2 unspecified atom stereocenters. The smallest absolute Gasteiger partial charge is 0.00131 e. The Balaban J connectivity index is 2.81. The fraction of sp³-hybridized carbons (Fsp3) is 0.600. The van der Waals surface area contributed by atoms with Crippen LogP contribution in [0.3, 0.4) is 0 Å². The Kier molecular flexibility index (Phi) is 4.55. The maximum absolute atomic E-state index is 5.85. The molecule has 1 heteroatoms. The maximum Gasteiger partial charge on any atom is 0.00131 e. The van der Waals surface area contributed by atoms with Crippen LogP contribution in [-0.4, -0.2) is 6.04 Å². The first-order valence-electron chi connectivity index (χ1n) is 6.22. The summed E-state index contributed by atoms with van der Waals surface area (Å²) in [6.45, 7) is 11.0. The summed E-state index contributed by atoms with van der Waals surface area (Å²) in [4.78, 5) is 0. The van der Waals surface area contributed by atoms with E-state index in [2.05, 4.69) is 46.8 Å². The maximum atomic E-state index is 5.85. The molecule has 0 radical (unpaired) electrons. The highest BCUT2D eigenvalue weighted by atomic mass is 14.6. The van der Waals surface area contributed by atoms with Gasteiger partial charge in [-0.05, 0) is 63.1 Å². The Morgan fingerprint density at radius 2 is 1.56 bits per heavy atom. The molecule has 0 aromatic heterocycles. The van der Waals surface area contributed by atoms with Gasteiger partial charge in [-0.15, -0.1) is 0 Å². The van der Waals surface area contributed by atoms with Crippen LogP contribution < -0.4 is 5.73 Å². The summed E-state index contributed by atoms with van der Waals surface area (Å²) in [5.41, 5.74) is 11.6. The largest absolute Gasteiger partial charge is 0.328 e. The van der Waals surface area contributed by atoms with Gasteiger partial charge in [0.2, 0.25) is 0 Å². The van der Waals surface area contributed by atoms with Crippen molar-refractivity contribution in [3.63, 3.8) is 0 Å². The zero-order chi connectivity index (χ0) is 12.3. The number of hydrogen-bond acceptors (Lipinski definition) is 1. The molecule has 0 aliphatic rings. The minimum Gasteiger partial charge on any atom is -0.328 e. The lowest BCUT2D eigenvalue weighted by molar-refractivity contribution is 0.478. The third-order valence-corrected chi connectivity index (χ3v) is 3.17. The second kappa shape index (κ2) is 5.49. The number of aryl methyl sites for hydroxylation is 3. The molecule has 0 saturated heterocycles. The van der Waals surface area contributed by atoms with Crippen LogP contribution in [0.25, 0.3) is 0 Å². The number of hydrogen-bond donors (Lipinski definition) is 1. The van der Waals surface area contributed by atoms with Crippen molar-refractivity contribution in [2.75, 3.05) is 0 Å². The van der Waals surface area contributed by atoms with Crippen LogP contribution in [0.5, 0.6) is 0 Å². The van der Waals surface area contributed by atoms with Crippen LogP contribution in [0.4, 0.5) is 0 Å². The molecule has 1 aromatic rings.